The van der Waals surface area contributed by atoms with Crippen molar-refractivity contribution in [3.05, 3.63) is 0 Å². The zero-order valence-corrected chi connectivity index (χ0v) is 11.4. The number of hydrogen-bond donors (Lipinski definition) is 7. The number of carboxylic acid groups (broad SMARTS) is 2. The molecule has 0 fully saturated rings. The van der Waals surface area contributed by atoms with E-state index in [2.05, 4.69) is 4.73 Å². The predicted octanol–water partition coefficient (Wildman–Crippen LogP) is -4.04. The van der Waals surface area contributed by atoms with Gasteiger partial charge in [0.1, 0.15) is 0 Å². The van der Waals surface area contributed by atoms with Gasteiger partial charge in [-0.3, -0.25) is 0 Å². The van der Waals surface area contributed by atoms with Crippen LogP contribution in [0, 0.1) is 16.2 Å². The smallest absolute Gasteiger partial charge is 1.00 e. The quantitative estimate of drug-likeness (QED) is 0.0791. The molecule has 17 heteroatoms. The summed E-state index contributed by atoms with van der Waals surface area (Å²) in [5, 5.41) is 31.0. The maximum Gasteiger partial charge on any atom is 1.00 e. The molecule has 0 bridgehead atoms. The van der Waals surface area contributed by atoms with Gasteiger partial charge < -0.3 is 21.4 Å². The molecule has 0 saturated carbocycles. The van der Waals surface area contributed by atoms with E-state index in [1.165, 1.54) is 0 Å². The minimum absolute atomic E-state index is 0. The number of carbonyl (C=O) groups is 2. The number of aliphatic carboxylic acids is 2. The van der Waals surface area contributed by atoms with Gasteiger partial charge in [0.15, 0.2) is 0 Å². The van der Waals surface area contributed by atoms with Gasteiger partial charge in [0.25, 0.3) is 0 Å². The van der Waals surface area contributed by atoms with Crippen LogP contribution in [0.4, 0.5) is 4.53 Å². The molecular weight excluding hydrogens is 335 g/mol. The third kappa shape index (κ3) is 223. The van der Waals surface area contributed by atoms with E-state index in [1.54, 1.807) is 0 Å². The van der Waals surface area contributed by atoms with Crippen LogP contribution in [0.1, 0.15) is 1.43 Å². The van der Waals surface area contributed by atoms with Crippen LogP contribution in [-0.4, -0.2) is 50.2 Å². The van der Waals surface area contributed by atoms with E-state index in [9.17, 15) is 4.53 Å². The fraction of sp³-hybridized carbons (Fsp3) is 0. The standard InChI is InChI=1S/C2H2O4.3CHNO.FH2O4P.Li.H/c3-1(4)2(5)6;3*2-1-3;1-5-6(2,3)4;;/h(H,3,4)(H,5,6);3*2H;(H2,2,3,4);;/q;;;;;+1;-1. The SMILES string of the molecule is N=C=O.N=C=O.N=C=O.O=C(O)C(=O)O.O=P(O)(O)OF.[H-].[Li+]. The van der Waals surface area contributed by atoms with Crippen molar-refractivity contribution in [1.29, 1.82) is 16.2 Å². The zero-order chi connectivity index (χ0) is 18.5. The molecule has 0 aromatic heterocycles. The van der Waals surface area contributed by atoms with Crippen LogP contribution in [0.3, 0.4) is 0 Å². The molecule has 0 aliphatic heterocycles. The second-order valence-corrected chi connectivity index (χ2v) is 2.60. The molecule has 0 aromatic carbocycles. The van der Waals surface area contributed by atoms with E-state index >= 15 is 0 Å². The first-order valence-electron chi connectivity index (χ1n) is 3.39. The molecular formula is C5H8FLiN3O11P. The van der Waals surface area contributed by atoms with Crippen LogP contribution in [0.5, 0.6) is 0 Å². The Bertz CT molecular complexity index is 398. The molecule has 0 aliphatic carbocycles. The molecule has 122 valence electrons. The maximum absolute atomic E-state index is 10.2. The molecule has 0 amide bonds. The van der Waals surface area contributed by atoms with Crippen molar-refractivity contribution in [3.8, 4) is 0 Å². The van der Waals surface area contributed by atoms with E-state index in [4.69, 9.17) is 64.8 Å². The minimum Gasteiger partial charge on any atom is -1.00 e. The summed E-state index contributed by atoms with van der Waals surface area (Å²) in [6, 6.07) is 0. The number of rotatable bonds is 1. The monoisotopic (exact) mass is 343 g/mol. The molecule has 0 atom stereocenters. The van der Waals surface area contributed by atoms with Crippen LogP contribution in [0.2, 0.25) is 0 Å². The van der Waals surface area contributed by atoms with E-state index in [-0.39, 0.29) is 20.3 Å². The van der Waals surface area contributed by atoms with E-state index in [0.29, 0.717) is 0 Å². The maximum atomic E-state index is 10.2. The van der Waals surface area contributed by atoms with Crippen LogP contribution in [0.15, 0.2) is 0 Å². The molecule has 0 unspecified atom stereocenters. The summed E-state index contributed by atoms with van der Waals surface area (Å²) in [4.78, 5) is 57.9. The van der Waals surface area contributed by atoms with Crippen LogP contribution in [0.25, 0.3) is 0 Å². The molecule has 0 aromatic rings. The van der Waals surface area contributed by atoms with E-state index in [0.717, 1.165) is 18.2 Å². The van der Waals surface area contributed by atoms with Crippen molar-refractivity contribution in [2.75, 3.05) is 0 Å². The Morgan fingerprint density at radius 2 is 1.05 bits per heavy atom. The van der Waals surface area contributed by atoms with Crippen LogP contribution in [-0.2, 0) is 33.3 Å². The van der Waals surface area contributed by atoms with Gasteiger partial charge in [0.2, 0.25) is 18.2 Å². The fourth-order valence-electron chi connectivity index (χ4n) is 0. The van der Waals surface area contributed by atoms with Gasteiger partial charge >= 0.3 is 38.6 Å². The van der Waals surface area contributed by atoms with Crippen molar-refractivity contribution in [2.24, 2.45) is 0 Å². The second kappa shape index (κ2) is 31.2. The number of nitrogens with one attached hydrogen (secondary N) is 3. The molecule has 0 spiro atoms. The number of carbonyl (C=O) groups excluding carboxylic acids is 3. The first-order chi connectivity index (χ1) is 9.45. The summed E-state index contributed by atoms with van der Waals surface area (Å²) in [7, 11) is -4.81. The summed E-state index contributed by atoms with van der Waals surface area (Å²) in [5.41, 5.74) is 0. The Hall–Kier alpha value is -2.28. The largest absolute Gasteiger partial charge is 1.00 e. The molecule has 0 aliphatic rings. The summed E-state index contributed by atoms with van der Waals surface area (Å²) in [6.45, 7) is 0. The summed E-state index contributed by atoms with van der Waals surface area (Å²) < 4.78 is 21.4. The Balaban J connectivity index is -0.0000000284. The van der Waals surface area contributed by atoms with Crippen LogP contribution < -0.4 is 18.9 Å². The average molecular weight is 343 g/mol. The molecule has 14 nitrogen and oxygen atoms in total. The number of halogens is 1. The molecule has 7 N–H and O–H groups in total. The van der Waals surface area contributed by atoms with Gasteiger partial charge in [-0.1, -0.05) is 4.73 Å². The van der Waals surface area contributed by atoms with Gasteiger partial charge in [-0.2, -0.15) is 0 Å². The van der Waals surface area contributed by atoms with Crippen molar-refractivity contribution < 1.29 is 78.1 Å². The molecule has 0 radical (unpaired) electrons. The van der Waals surface area contributed by atoms with Crippen molar-refractivity contribution in [3.63, 3.8) is 0 Å². The first kappa shape index (κ1) is 36.7. The Kier molecular flexibility index (Phi) is 52.1. The Morgan fingerprint density at radius 1 is 0.955 bits per heavy atom. The fourth-order valence-corrected chi connectivity index (χ4v) is 0. The number of isocyanates is 3. The van der Waals surface area contributed by atoms with Crippen LogP contribution >= 0.6 is 7.82 Å². The Morgan fingerprint density at radius 3 is 1.05 bits per heavy atom. The number of carboxylic acids is 2. The summed E-state index contributed by atoms with van der Waals surface area (Å²) in [6.07, 6.45) is 2.25. The van der Waals surface area contributed by atoms with E-state index < -0.39 is 19.8 Å². The van der Waals surface area contributed by atoms with Crippen molar-refractivity contribution in [2.45, 2.75) is 0 Å². The molecule has 22 heavy (non-hydrogen) atoms. The first-order valence-corrected chi connectivity index (χ1v) is 4.92. The van der Waals surface area contributed by atoms with Gasteiger partial charge in [-0.25, -0.2) is 44.8 Å². The second-order valence-electron chi connectivity index (χ2n) is 1.48. The topological polar surface area (TPSA) is 264 Å². The van der Waals surface area contributed by atoms with Gasteiger partial charge in [-0.05, 0) is 4.53 Å². The zero-order valence-electron chi connectivity index (χ0n) is 11.5. The average Bonchev–Trinajstić information content (AvgIpc) is 2.31. The van der Waals surface area contributed by atoms with Gasteiger partial charge in [-0.15, -0.1) is 0 Å². The summed E-state index contributed by atoms with van der Waals surface area (Å²) in [5.74, 6) is -3.65. The van der Waals surface area contributed by atoms with E-state index in [1.807, 2.05) is 0 Å². The van der Waals surface area contributed by atoms with Gasteiger partial charge in [0, 0.05) is 0 Å². The summed E-state index contributed by atoms with van der Waals surface area (Å²) >= 11 is 0. The number of phosphoric acid groups is 1. The molecule has 0 rings (SSSR count). The normalized spacial score (nSPS) is 6.32. The molecule has 0 saturated heterocycles. The third-order valence-corrected chi connectivity index (χ3v) is 0.453. The molecule has 0 heterocycles. The number of hydrogen-bond acceptors (Lipinski definition) is 10. The van der Waals surface area contributed by atoms with Crippen molar-refractivity contribution >= 4 is 38.0 Å². The van der Waals surface area contributed by atoms with Crippen molar-refractivity contribution in [1.82, 2.24) is 0 Å². The minimum atomic E-state index is -4.81. The third-order valence-electron chi connectivity index (χ3n) is 0.273. The Labute approximate surface area is 133 Å². The predicted molar refractivity (Wildman–Crippen MR) is 55.9 cm³/mol. The van der Waals surface area contributed by atoms with Gasteiger partial charge in [0.05, 0.1) is 0 Å².